The zero-order valence-corrected chi connectivity index (χ0v) is 13.3. The van der Waals surface area contributed by atoms with E-state index in [0.29, 0.717) is 13.0 Å². The van der Waals surface area contributed by atoms with Crippen LogP contribution in [0.5, 0.6) is 0 Å². The van der Waals surface area contributed by atoms with Gasteiger partial charge in [0.15, 0.2) is 5.12 Å². The maximum atomic E-state index is 12.1. The predicted molar refractivity (Wildman–Crippen MR) is 84.2 cm³/mol. The highest BCUT2D eigenvalue weighted by Gasteiger charge is 2.32. The maximum absolute atomic E-state index is 12.1. The molecule has 0 saturated carbocycles. The Morgan fingerprint density at radius 1 is 1.35 bits per heavy atom. The molecule has 1 unspecified atom stereocenters. The van der Waals surface area contributed by atoms with Crippen molar-refractivity contribution in [1.82, 2.24) is 0 Å². The number of carbonyl (C=O) groups is 2. The van der Waals surface area contributed by atoms with Gasteiger partial charge in [-0.1, -0.05) is 44.7 Å². The minimum absolute atomic E-state index is 0.0618. The molecule has 1 saturated heterocycles. The minimum Gasteiger partial charge on any atom is -0.311 e. The zero-order valence-electron chi connectivity index (χ0n) is 12.5. The van der Waals surface area contributed by atoms with Crippen molar-refractivity contribution >= 4 is 28.5 Å². The Bertz CT molecular complexity index is 534. The van der Waals surface area contributed by atoms with E-state index in [1.807, 2.05) is 12.1 Å². The summed E-state index contributed by atoms with van der Waals surface area (Å²) in [6.45, 7) is 8.65. The van der Waals surface area contributed by atoms with E-state index in [1.165, 1.54) is 17.3 Å². The molecule has 1 aliphatic rings. The second-order valence-corrected chi connectivity index (χ2v) is 7.72. The average molecular weight is 291 g/mol. The van der Waals surface area contributed by atoms with Crippen molar-refractivity contribution in [3.05, 3.63) is 29.8 Å². The van der Waals surface area contributed by atoms with Gasteiger partial charge in [0.25, 0.3) is 0 Å². The third-order valence-corrected chi connectivity index (χ3v) is 4.43. The number of thioether (sulfide) groups is 1. The Morgan fingerprint density at radius 3 is 2.65 bits per heavy atom. The number of carbonyl (C=O) groups excluding carboxylic acids is 2. The number of hydrogen-bond acceptors (Lipinski definition) is 3. The fourth-order valence-electron chi connectivity index (χ4n) is 2.38. The molecule has 0 aromatic heterocycles. The van der Waals surface area contributed by atoms with Crippen LogP contribution in [0.15, 0.2) is 24.3 Å². The van der Waals surface area contributed by atoms with Crippen molar-refractivity contribution < 1.29 is 9.59 Å². The van der Waals surface area contributed by atoms with Crippen LogP contribution < -0.4 is 4.90 Å². The molecule has 4 heteroatoms. The molecule has 1 aromatic carbocycles. The summed E-state index contributed by atoms with van der Waals surface area (Å²) in [6.07, 6.45) is 0.448. The van der Waals surface area contributed by atoms with Crippen molar-refractivity contribution in [3.63, 3.8) is 0 Å². The molecule has 1 aliphatic heterocycles. The summed E-state index contributed by atoms with van der Waals surface area (Å²) in [5.74, 6) is 0.106. The highest BCUT2D eigenvalue weighted by atomic mass is 32.2. The van der Waals surface area contributed by atoms with Gasteiger partial charge >= 0.3 is 0 Å². The molecule has 108 valence electrons. The van der Waals surface area contributed by atoms with Crippen molar-refractivity contribution in [3.8, 4) is 0 Å². The standard InChI is InChI=1S/C16H21NO2S/c1-11(18)20-14-9-15(19)17(10-14)13-7-5-6-12(8-13)16(2,3)4/h5-8,14H,9-10H2,1-4H3. The quantitative estimate of drug-likeness (QED) is 0.838. The van der Waals surface area contributed by atoms with E-state index in [0.717, 1.165) is 5.69 Å². The second-order valence-electron chi connectivity index (χ2n) is 6.24. The second kappa shape index (κ2) is 5.60. The Labute approximate surface area is 124 Å². The predicted octanol–water partition coefficient (Wildman–Crippen LogP) is 3.37. The zero-order chi connectivity index (χ0) is 14.9. The molecular weight excluding hydrogens is 270 g/mol. The lowest BCUT2D eigenvalue weighted by atomic mass is 9.87. The van der Waals surface area contributed by atoms with Crippen LogP contribution in [0.1, 0.15) is 39.7 Å². The lowest BCUT2D eigenvalue weighted by Crippen LogP contribution is -2.25. The third-order valence-electron chi connectivity index (χ3n) is 3.45. The van der Waals surface area contributed by atoms with Crippen molar-refractivity contribution in [2.24, 2.45) is 0 Å². The van der Waals surface area contributed by atoms with Gasteiger partial charge in [0.05, 0.1) is 0 Å². The lowest BCUT2D eigenvalue weighted by Gasteiger charge is -2.23. The largest absolute Gasteiger partial charge is 0.311 e. The Balaban J connectivity index is 2.20. The molecule has 20 heavy (non-hydrogen) atoms. The molecular formula is C16H21NO2S. The summed E-state index contributed by atoms with van der Waals surface area (Å²) in [6, 6.07) is 8.13. The minimum atomic E-state index is 0.0618. The Morgan fingerprint density at radius 2 is 2.05 bits per heavy atom. The van der Waals surface area contributed by atoms with Crippen LogP contribution in [0.4, 0.5) is 5.69 Å². The van der Waals surface area contributed by atoms with Gasteiger partial charge in [0, 0.05) is 30.8 Å². The number of rotatable bonds is 2. The van der Waals surface area contributed by atoms with E-state index >= 15 is 0 Å². The fourth-order valence-corrected chi connectivity index (χ4v) is 3.30. The van der Waals surface area contributed by atoms with Crippen molar-refractivity contribution in [2.45, 2.75) is 44.8 Å². The highest BCUT2D eigenvalue weighted by Crippen LogP contribution is 2.31. The van der Waals surface area contributed by atoms with Crippen LogP contribution in [0.3, 0.4) is 0 Å². The van der Waals surface area contributed by atoms with Crippen LogP contribution in [0.2, 0.25) is 0 Å². The molecule has 3 nitrogen and oxygen atoms in total. The van der Waals surface area contributed by atoms with E-state index < -0.39 is 0 Å². The summed E-state index contributed by atoms with van der Waals surface area (Å²) in [4.78, 5) is 25.1. The number of amides is 1. The van der Waals surface area contributed by atoms with Gasteiger partial charge in [0.1, 0.15) is 0 Å². The smallest absolute Gasteiger partial charge is 0.228 e. The molecule has 0 radical (unpaired) electrons. The first kappa shape index (κ1) is 15.1. The topological polar surface area (TPSA) is 37.4 Å². The number of benzene rings is 1. The van der Waals surface area contributed by atoms with Crippen LogP contribution in [0, 0.1) is 0 Å². The molecule has 1 aromatic rings. The van der Waals surface area contributed by atoms with E-state index in [-0.39, 0.29) is 21.7 Å². The highest BCUT2D eigenvalue weighted by molar-refractivity contribution is 8.14. The molecule has 0 spiro atoms. The molecule has 2 rings (SSSR count). The molecule has 0 N–H and O–H groups in total. The molecule has 1 fully saturated rings. The summed E-state index contributed by atoms with van der Waals surface area (Å²) in [7, 11) is 0. The van der Waals surface area contributed by atoms with Gasteiger partial charge in [-0.15, -0.1) is 0 Å². The summed E-state index contributed by atoms with van der Waals surface area (Å²) < 4.78 is 0. The fraction of sp³-hybridized carbons (Fsp3) is 0.500. The van der Waals surface area contributed by atoms with E-state index in [2.05, 4.69) is 32.9 Å². The van der Waals surface area contributed by atoms with Gasteiger partial charge in [0.2, 0.25) is 5.91 Å². The Hall–Kier alpha value is -1.29. The monoisotopic (exact) mass is 291 g/mol. The first-order valence-electron chi connectivity index (χ1n) is 6.85. The van der Waals surface area contributed by atoms with E-state index in [4.69, 9.17) is 0 Å². The third kappa shape index (κ3) is 3.42. The number of hydrogen-bond donors (Lipinski definition) is 0. The number of nitrogens with zero attached hydrogens (tertiary/aromatic N) is 1. The molecule has 1 atom stereocenters. The van der Waals surface area contributed by atoms with Gasteiger partial charge in [-0.05, 0) is 23.1 Å². The van der Waals surface area contributed by atoms with Gasteiger partial charge in [-0.25, -0.2) is 0 Å². The summed E-state index contributed by atoms with van der Waals surface area (Å²) in [5.41, 5.74) is 2.21. The van der Waals surface area contributed by atoms with Crippen LogP contribution >= 0.6 is 11.8 Å². The van der Waals surface area contributed by atoms with E-state index in [9.17, 15) is 9.59 Å². The van der Waals surface area contributed by atoms with Gasteiger partial charge < -0.3 is 4.90 Å². The van der Waals surface area contributed by atoms with Crippen molar-refractivity contribution in [1.29, 1.82) is 0 Å². The Kier molecular flexibility index (Phi) is 4.23. The maximum Gasteiger partial charge on any atom is 0.228 e. The summed E-state index contributed by atoms with van der Waals surface area (Å²) in [5, 5.41) is 0.159. The molecule has 1 amide bonds. The molecule has 1 heterocycles. The van der Waals surface area contributed by atoms with E-state index in [1.54, 1.807) is 11.8 Å². The first-order chi connectivity index (χ1) is 9.27. The van der Waals surface area contributed by atoms with Crippen molar-refractivity contribution in [2.75, 3.05) is 11.4 Å². The van der Waals surface area contributed by atoms with Crippen LogP contribution in [-0.2, 0) is 15.0 Å². The SMILES string of the molecule is CC(=O)SC1CC(=O)N(c2cccc(C(C)(C)C)c2)C1. The van der Waals surface area contributed by atoms with Gasteiger partial charge in [-0.2, -0.15) is 0 Å². The summed E-state index contributed by atoms with van der Waals surface area (Å²) >= 11 is 1.27. The van der Waals surface area contributed by atoms with Gasteiger partial charge in [-0.3, -0.25) is 9.59 Å². The average Bonchev–Trinajstić information content (AvgIpc) is 2.68. The van der Waals surface area contributed by atoms with Crippen LogP contribution in [-0.4, -0.2) is 22.8 Å². The number of anilines is 1. The molecule has 0 aliphatic carbocycles. The first-order valence-corrected chi connectivity index (χ1v) is 7.73. The normalized spacial score (nSPS) is 19.5. The molecule has 0 bridgehead atoms. The lowest BCUT2D eigenvalue weighted by molar-refractivity contribution is -0.117. The van der Waals surface area contributed by atoms with Crippen LogP contribution in [0.25, 0.3) is 0 Å².